The number of ether oxygens (including phenoxy) is 1. The molecule has 0 aromatic heterocycles. The number of hydrogen-bond donors (Lipinski definition) is 2. The normalized spacial score (nSPS) is 13.8. The van der Waals surface area contributed by atoms with Crippen molar-refractivity contribution in [3.05, 3.63) is 58.1 Å². The zero-order chi connectivity index (χ0) is 22.2. The van der Waals surface area contributed by atoms with E-state index in [1.165, 1.54) is 18.2 Å². The molecule has 1 aliphatic rings. The molecule has 3 rings (SSSR count). The SMILES string of the molecule is CCOc1ccc(C(=O)Nc2ccc(NC(=O)N3CCCCCC3)cc2)cc1[N+](=O)[O-]. The first kappa shape index (κ1) is 22.1. The number of nitro groups is 1. The van der Waals surface area contributed by atoms with Gasteiger partial charge in [0, 0.05) is 36.1 Å². The number of likely N-dealkylation sites (tertiary alicyclic amines) is 1. The van der Waals surface area contributed by atoms with E-state index in [4.69, 9.17) is 4.74 Å². The second-order valence-electron chi connectivity index (χ2n) is 7.24. The molecule has 2 aromatic carbocycles. The third-order valence-electron chi connectivity index (χ3n) is 5.00. The van der Waals surface area contributed by atoms with Gasteiger partial charge in [-0.15, -0.1) is 0 Å². The van der Waals surface area contributed by atoms with Gasteiger partial charge in [0.2, 0.25) is 0 Å². The summed E-state index contributed by atoms with van der Waals surface area (Å²) in [7, 11) is 0. The van der Waals surface area contributed by atoms with Gasteiger partial charge in [0.1, 0.15) is 0 Å². The van der Waals surface area contributed by atoms with Gasteiger partial charge < -0.3 is 20.3 Å². The molecule has 2 N–H and O–H groups in total. The first-order valence-corrected chi connectivity index (χ1v) is 10.4. The molecule has 1 saturated heterocycles. The van der Waals surface area contributed by atoms with Gasteiger partial charge in [-0.05, 0) is 56.2 Å². The maximum absolute atomic E-state index is 12.5. The van der Waals surface area contributed by atoms with Gasteiger partial charge in [-0.1, -0.05) is 12.8 Å². The van der Waals surface area contributed by atoms with Crippen molar-refractivity contribution in [2.45, 2.75) is 32.6 Å². The molecule has 0 saturated carbocycles. The number of amides is 3. The van der Waals surface area contributed by atoms with Crippen LogP contribution < -0.4 is 15.4 Å². The maximum Gasteiger partial charge on any atom is 0.321 e. The molecule has 3 amide bonds. The topological polar surface area (TPSA) is 114 Å². The quantitative estimate of drug-likeness (QED) is 0.515. The molecule has 0 bridgehead atoms. The van der Waals surface area contributed by atoms with Crippen molar-refractivity contribution >= 4 is 29.0 Å². The smallest absolute Gasteiger partial charge is 0.321 e. The number of nitro benzene ring substituents is 1. The molecule has 0 unspecified atom stereocenters. The van der Waals surface area contributed by atoms with Crippen LogP contribution in [-0.4, -0.2) is 41.5 Å². The Hall–Kier alpha value is -3.62. The summed E-state index contributed by atoms with van der Waals surface area (Å²) in [5.41, 5.74) is 1.02. The summed E-state index contributed by atoms with van der Waals surface area (Å²) in [4.78, 5) is 37.4. The number of hydrogen-bond acceptors (Lipinski definition) is 5. The van der Waals surface area contributed by atoms with E-state index in [2.05, 4.69) is 10.6 Å². The zero-order valence-corrected chi connectivity index (χ0v) is 17.4. The molecule has 164 valence electrons. The van der Waals surface area contributed by atoms with Gasteiger partial charge in [-0.25, -0.2) is 4.79 Å². The summed E-state index contributed by atoms with van der Waals surface area (Å²) in [5, 5.41) is 16.8. The third-order valence-corrected chi connectivity index (χ3v) is 5.00. The van der Waals surface area contributed by atoms with Gasteiger partial charge in [-0.3, -0.25) is 14.9 Å². The summed E-state index contributed by atoms with van der Waals surface area (Å²) in [5.74, 6) is -0.360. The first-order valence-electron chi connectivity index (χ1n) is 10.4. The van der Waals surface area contributed by atoms with Gasteiger partial charge in [0.05, 0.1) is 11.5 Å². The van der Waals surface area contributed by atoms with Crippen LogP contribution in [0, 0.1) is 10.1 Å². The highest BCUT2D eigenvalue weighted by Crippen LogP contribution is 2.28. The lowest BCUT2D eigenvalue weighted by atomic mass is 10.1. The highest BCUT2D eigenvalue weighted by atomic mass is 16.6. The Morgan fingerprint density at radius 1 is 1.00 bits per heavy atom. The minimum Gasteiger partial charge on any atom is -0.487 e. The molecule has 9 nitrogen and oxygen atoms in total. The average Bonchev–Trinajstić information content (AvgIpc) is 3.05. The molecular weight excluding hydrogens is 400 g/mol. The number of benzene rings is 2. The van der Waals surface area contributed by atoms with Crippen molar-refractivity contribution in [1.82, 2.24) is 4.90 Å². The lowest BCUT2D eigenvalue weighted by Gasteiger charge is -2.20. The van der Waals surface area contributed by atoms with E-state index in [9.17, 15) is 19.7 Å². The van der Waals surface area contributed by atoms with Crippen molar-refractivity contribution in [1.29, 1.82) is 0 Å². The first-order chi connectivity index (χ1) is 15.0. The van der Waals surface area contributed by atoms with E-state index in [-0.39, 0.29) is 29.6 Å². The van der Waals surface area contributed by atoms with Crippen molar-refractivity contribution in [3.8, 4) is 5.75 Å². The van der Waals surface area contributed by atoms with Crippen LogP contribution in [0.3, 0.4) is 0 Å². The van der Waals surface area contributed by atoms with Gasteiger partial charge in [-0.2, -0.15) is 0 Å². The fraction of sp³-hybridized carbons (Fsp3) is 0.364. The minimum absolute atomic E-state index is 0.119. The average molecular weight is 426 g/mol. The lowest BCUT2D eigenvalue weighted by Crippen LogP contribution is -2.35. The zero-order valence-electron chi connectivity index (χ0n) is 17.4. The van der Waals surface area contributed by atoms with Crippen LogP contribution in [-0.2, 0) is 0 Å². The fourth-order valence-electron chi connectivity index (χ4n) is 3.40. The van der Waals surface area contributed by atoms with Crippen molar-refractivity contribution < 1.29 is 19.2 Å². The molecule has 1 fully saturated rings. The Morgan fingerprint density at radius 2 is 1.61 bits per heavy atom. The molecule has 0 aliphatic carbocycles. The molecule has 31 heavy (non-hydrogen) atoms. The van der Waals surface area contributed by atoms with Crippen LogP contribution in [0.25, 0.3) is 0 Å². The number of nitrogens with one attached hydrogen (secondary N) is 2. The largest absolute Gasteiger partial charge is 0.487 e. The van der Waals surface area contributed by atoms with E-state index in [1.807, 2.05) is 4.90 Å². The Balaban J connectivity index is 1.62. The minimum atomic E-state index is -0.580. The summed E-state index contributed by atoms with van der Waals surface area (Å²) in [6, 6.07) is 10.7. The van der Waals surface area contributed by atoms with Gasteiger partial charge >= 0.3 is 11.7 Å². The number of nitrogens with zero attached hydrogens (tertiary/aromatic N) is 2. The van der Waals surface area contributed by atoms with Crippen molar-refractivity contribution in [3.63, 3.8) is 0 Å². The third kappa shape index (κ3) is 5.94. The summed E-state index contributed by atoms with van der Waals surface area (Å²) < 4.78 is 5.24. The predicted molar refractivity (Wildman–Crippen MR) is 118 cm³/mol. The Bertz CT molecular complexity index is 937. The summed E-state index contributed by atoms with van der Waals surface area (Å²) in [6.45, 7) is 3.53. The van der Waals surface area contributed by atoms with Crippen molar-refractivity contribution in [2.75, 3.05) is 30.3 Å². The Kier molecular flexibility index (Phi) is 7.42. The molecule has 1 heterocycles. The van der Waals surface area contributed by atoms with Gasteiger partial charge in [0.25, 0.3) is 5.91 Å². The second kappa shape index (κ2) is 10.4. The molecule has 1 aliphatic heterocycles. The second-order valence-corrected chi connectivity index (χ2v) is 7.24. The summed E-state index contributed by atoms with van der Waals surface area (Å²) in [6.07, 6.45) is 4.33. The van der Waals surface area contributed by atoms with E-state index in [0.717, 1.165) is 38.8 Å². The summed E-state index contributed by atoms with van der Waals surface area (Å²) >= 11 is 0. The monoisotopic (exact) mass is 426 g/mol. The molecule has 2 aromatic rings. The van der Waals surface area contributed by atoms with Crippen LogP contribution in [0.15, 0.2) is 42.5 Å². The highest BCUT2D eigenvalue weighted by molar-refractivity contribution is 6.05. The van der Waals surface area contributed by atoms with Crippen LogP contribution >= 0.6 is 0 Å². The number of carbonyl (C=O) groups excluding carboxylic acids is 2. The van der Waals surface area contributed by atoms with Crippen LogP contribution in [0.1, 0.15) is 43.0 Å². The van der Waals surface area contributed by atoms with E-state index in [0.29, 0.717) is 11.4 Å². The highest BCUT2D eigenvalue weighted by Gasteiger charge is 2.19. The molecule has 0 spiro atoms. The van der Waals surface area contributed by atoms with E-state index in [1.54, 1.807) is 31.2 Å². The van der Waals surface area contributed by atoms with Gasteiger partial charge in [0.15, 0.2) is 5.75 Å². The predicted octanol–water partition coefficient (Wildman–Crippen LogP) is 4.65. The van der Waals surface area contributed by atoms with Crippen LogP contribution in [0.4, 0.5) is 21.9 Å². The van der Waals surface area contributed by atoms with Crippen molar-refractivity contribution in [2.24, 2.45) is 0 Å². The fourth-order valence-corrected chi connectivity index (χ4v) is 3.40. The van der Waals surface area contributed by atoms with E-state index < -0.39 is 10.8 Å². The number of urea groups is 1. The lowest BCUT2D eigenvalue weighted by molar-refractivity contribution is -0.385. The van der Waals surface area contributed by atoms with E-state index >= 15 is 0 Å². The molecular formula is C22H26N4O5. The maximum atomic E-state index is 12.5. The molecule has 0 radical (unpaired) electrons. The number of rotatable bonds is 6. The molecule has 0 atom stereocenters. The standard InChI is InChI=1S/C22H26N4O5/c1-2-31-20-12-7-16(15-19(20)26(29)30)21(27)23-17-8-10-18(11-9-17)24-22(28)25-13-5-3-4-6-14-25/h7-12,15H,2-6,13-14H2,1H3,(H,23,27)(H,24,28). The Morgan fingerprint density at radius 3 is 2.19 bits per heavy atom. The van der Waals surface area contributed by atoms with Crippen LogP contribution in [0.5, 0.6) is 5.75 Å². The number of carbonyl (C=O) groups is 2. The number of anilines is 2. The molecule has 9 heteroatoms. The van der Waals surface area contributed by atoms with Crippen LogP contribution in [0.2, 0.25) is 0 Å². The Labute approximate surface area is 180 Å².